The van der Waals surface area contributed by atoms with Crippen molar-refractivity contribution in [2.75, 3.05) is 11.9 Å². The van der Waals surface area contributed by atoms with E-state index in [1.165, 1.54) is 5.56 Å². The number of nitrogens with zero attached hydrogens (tertiary/aromatic N) is 2. The van der Waals surface area contributed by atoms with E-state index in [0.717, 1.165) is 22.3 Å². The summed E-state index contributed by atoms with van der Waals surface area (Å²) in [5.74, 6) is 0.521. The Bertz CT molecular complexity index is 516. The van der Waals surface area contributed by atoms with Gasteiger partial charge in [0.1, 0.15) is 0 Å². The van der Waals surface area contributed by atoms with E-state index in [0.29, 0.717) is 5.88 Å². The summed E-state index contributed by atoms with van der Waals surface area (Å²) in [6.45, 7) is 0.834. The van der Waals surface area contributed by atoms with Crippen molar-refractivity contribution in [2.45, 2.75) is 12.4 Å². The van der Waals surface area contributed by atoms with Crippen LogP contribution in [-0.2, 0) is 12.4 Å². The topological polar surface area (TPSA) is 16.1 Å². The molecule has 2 aromatic rings. The molecular weight excluding hydrogens is 312 g/mol. The zero-order valence-corrected chi connectivity index (χ0v) is 12.4. The molecule has 1 heterocycles. The summed E-state index contributed by atoms with van der Waals surface area (Å²) in [6, 6.07) is 10.3. The Kier molecular flexibility index (Phi) is 4.61. The average molecular weight is 326 g/mol. The molecule has 0 bridgehead atoms. The van der Waals surface area contributed by atoms with Crippen molar-refractivity contribution < 1.29 is 0 Å². The molecular formula is C14H14BrClN2. The minimum absolute atomic E-state index is 0.521. The molecule has 0 spiro atoms. The van der Waals surface area contributed by atoms with Gasteiger partial charge in [0, 0.05) is 42.0 Å². The van der Waals surface area contributed by atoms with Gasteiger partial charge in [0.25, 0.3) is 0 Å². The molecule has 2 rings (SSSR count). The number of anilines is 1. The highest BCUT2D eigenvalue weighted by Gasteiger charge is 2.05. The number of pyridine rings is 1. The highest BCUT2D eigenvalue weighted by atomic mass is 79.9. The second kappa shape index (κ2) is 6.21. The molecule has 0 saturated heterocycles. The fraction of sp³-hybridized carbons (Fsp3) is 0.214. The van der Waals surface area contributed by atoms with Gasteiger partial charge in [-0.1, -0.05) is 28.1 Å². The van der Waals surface area contributed by atoms with Crippen molar-refractivity contribution in [1.29, 1.82) is 0 Å². The maximum Gasteiger partial charge on any atom is 0.0485 e. The first-order chi connectivity index (χ1) is 8.70. The van der Waals surface area contributed by atoms with Crippen LogP contribution in [0, 0.1) is 0 Å². The predicted molar refractivity (Wildman–Crippen MR) is 80.0 cm³/mol. The highest BCUT2D eigenvalue weighted by molar-refractivity contribution is 9.10. The highest BCUT2D eigenvalue weighted by Crippen LogP contribution is 2.25. The van der Waals surface area contributed by atoms with Gasteiger partial charge in [0.05, 0.1) is 0 Å². The van der Waals surface area contributed by atoms with Crippen LogP contribution >= 0.6 is 27.5 Å². The molecule has 2 nitrogen and oxygen atoms in total. The molecule has 94 valence electrons. The zero-order valence-electron chi connectivity index (χ0n) is 10.1. The summed E-state index contributed by atoms with van der Waals surface area (Å²) in [7, 11) is 2.06. The van der Waals surface area contributed by atoms with Gasteiger partial charge < -0.3 is 4.90 Å². The lowest BCUT2D eigenvalue weighted by Crippen LogP contribution is -2.16. The first kappa shape index (κ1) is 13.4. The van der Waals surface area contributed by atoms with Crippen molar-refractivity contribution in [3.8, 4) is 0 Å². The molecule has 0 atom stereocenters. The lowest BCUT2D eigenvalue weighted by Gasteiger charge is -2.20. The number of alkyl halides is 1. The molecule has 0 amide bonds. The molecule has 0 unspecified atom stereocenters. The van der Waals surface area contributed by atoms with Crippen molar-refractivity contribution in [2.24, 2.45) is 0 Å². The van der Waals surface area contributed by atoms with E-state index in [1.54, 1.807) is 6.20 Å². The van der Waals surface area contributed by atoms with Crippen LogP contribution in [0.5, 0.6) is 0 Å². The SMILES string of the molecule is CN(Cc1cccnc1)c1ccc(CCl)c(Br)c1. The predicted octanol–water partition coefficient (Wildman–Crippen LogP) is 4.22. The van der Waals surface area contributed by atoms with Gasteiger partial charge in [-0.05, 0) is 29.3 Å². The maximum absolute atomic E-state index is 5.84. The van der Waals surface area contributed by atoms with Crippen LogP contribution in [0.25, 0.3) is 0 Å². The molecule has 0 aliphatic carbocycles. The minimum atomic E-state index is 0.521. The molecule has 0 N–H and O–H groups in total. The Hall–Kier alpha value is -1.06. The first-order valence-corrected chi connectivity index (χ1v) is 6.98. The molecule has 0 aliphatic rings. The summed E-state index contributed by atoms with van der Waals surface area (Å²) >= 11 is 9.38. The second-order valence-electron chi connectivity index (χ2n) is 4.13. The lowest BCUT2D eigenvalue weighted by atomic mass is 10.2. The number of benzene rings is 1. The normalized spacial score (nSPS) is 10.4. The third kappa shape index (κ3) is 3.24. The lowest BCUT2D eigenvalue weighted by molar-refractivity contribution is 0.914. The Morgan fingerprint density at radius 3 is 2.78 bits per heavy atom. The van der Waals surface area contributed by atoms with Crippen LogP contribution in [-0.4, -0.2) is 12.0 Å². The number of rotatable bonds is 4. The molecule has 0 fully saturated rings. The van der Waals surface area contributed by atoms with Gasteiger partial charge in [0.15, 0.2) is 0 Å². The number of aromatic nitrogens is 1. The molecule has 0 aliphatic heterocycles. The molecule has 0 saturated carbocycles. The summed E-state index contributed by atoms with van der Waals surface area (Å²) in [5, 5.41) is 0. The first-order valence-electron chi connectivity index (χ1n) is 5.65. The van der Waals surface area contributed by atoms with E-state index >= 15 is 0 Å². The maximum atomic E-state index is 5.84. The van der Waals surface area contributed by atoms with Gasteiger partial charge in [0.2, 0.25) is 0 Å². The van der Waals surface area contributed by atoms with Crippen LogP contribution in [0.4, 0.5) is 5.69 Å². The fourth-order valence-corrected chi connectivity index (χ4v) is 2.64. The van der Waals surface area contributed by atoms with Crippen molar-refractivity contribution in [3.05, 3.63) is 58.3 Å². The Labute approximate surface area is 121 Å². The third-order valence-corrected chi connectivity index (χ3v) is 3.79. The molecule has 18 heavy (non-hydrogen) atoms. The summed E-state index contributed by atoms with van der Waals surface area (Å²) < 4.78 is 1.05. The summed E-state index contributed by atoms with van der Waals surface area (Å²) in [4.78, 5) is 6.30. The summed E-state index contributed by atoms with van der Waals surface area (Å²) in [6.07, 6.45) is 3.67. The van der Waals surface area contributed by atoms with Gasteiger partial charge in [-0.2, -0.15) is 0 Å². The van der Waals surface area contributed by atoms with E-state index in [1.807, 2.05) is 18.3 Å². The molecule has 1 aromatic heterocycles. The zero-order chi connectivity index (χ0) is 13.0. The van der Waals surface area contributed by atoms with Gasteiger partial charge in [-0.15, -0.1) is 11.6 Å². The smallest absolute Gasteiger partial charge is 0.0485 e. The van der Waals surface area contributed by atoms with Crippen molar-refractivity contribution >= 4 is 33.2 Å². The van der Waals surface area contributed by atoms with Gasteiger partial charge in [-0.3, -0.25) is 4.98 Å². The Morgan fingerprint density at radius 1 is 1.33 bits per heavy atom. The van der Waals surface area contributed by atoms with E-state index in [2.05, 4.69) is 51.1 Å². The van der Waals surface area contributed by atoms with E-state index in [-0.39, 0.29) is 0 Å². The van der Waals surface area contributed by atoms with Crippen LogP contribution in [0.3, 0.4) is 0 Å². The van der Waals surface area contributed by atoms with Gasteiger partial charge >= 0.3 is 0 Å². The van der Waals surface area contributed by atoms with E-state index < -0.39 is 0 Å². The fourth-order valence-electron chi connectivity index (χ4n) is 1.74. The van der Waals surface area contributed by atoms with Crippen molar-refractivity contribution in [1.82, 2.24) is 4.98 Å². The standard InChI is InChI=1S/C14H14BrClN2/c1-18(10-11-3-2-6-17-9-11)13-5-4-12(8-16)14(15)7-13/h2-7,9H,8,10H2,1H3. The Morgan fingerprint density at radius 2 is 2.17 bits per heavy atom. The van der Waals surface area contributed by atoms with E-state index in [4.69, 9.17) is 11.6 Å². The van der Waals surface area contributed by atoms with Crippen LogP contribution < -0.4 is 4.90 Å². The number of hydrogen-bond donors (Lipinski definition) is 0. The quantitative estimate of drug-likeness (QED) is 0.782. The molecule has 1 aromatic carbocycles. The monoisotopic (exact) mass is 324 g/mol. The Balaban J connectivity index is 2.14. The van der Waals surface area contributed by atoms with Crippen LogP contribution in [0.1, 0.15) is 11.1 Å². The van der Waals surface area contributed by atoms with Crippen LogP contribution in [0.15, 0.2) is 47.2 Å². The number of hydrogen-bond acceptors (Lipinski definition) is 2. The van der Waals surface area contributed by atoms with E-state index in [9.17, 15) is 0 Å². The van der Waals surface area contributed by atoms with Gasteiger partial charge in [-0.25, -0.2) is 0 Å². The number of halogens is 2. The average Bonchev–Trinajstić information content (AvgIpc) is 2.39. The third-order valence-electron chi connectivity index (χ3n) is 2.76. The second-order valence-corrected chi connectivity index (χ2v) is 5.25. The van der Waals surface area contributed by atoms with Crippen molar-refractivity contribution in [3.63, 3.8) is 0 Å². The molecule has 0 radical (unpaired) electrons. The largest absolute Gasteiger partial charge is 0.370 e. The minimum Gasteiger partial charge on any atom is -0.370 e. The molecule has 4 heteroatoms. The summed E-state index contributed by atoms with van der Waals surface area (Å²) in [5.41, 5.74) is 3.45. The van der Waals surface area contributed by atoms with Crippen LogP contribution in [0.2, 0.25) is 0 Å².